The lowest BCUT2D eigenvalue weighted by molar-refractivity contribution is 0.0949. The standard InChI is InChI=1S/C15H18N2O/c18-15(17-9-11-5-1-2-6-11)13-10-16-14-8-4-3-7-12(13)14/h3-4,7-8,10-11,16H,1-2,5-6,9H2,(H,17,18). The number of fused-ring (bicyclic) bond motifs is 1. The smallest absolute Gasteiger partial charge is 0.253 e. The van der Waals surface area contributed by atoms with Gasteiger partial charge in [0.15, 0.2) is 0 Å². The fourth-order valence-electron chi connectivity index (χ4n) is 2.81. The van der Waals surface area contributed by atoms with Crippen LogP contribution in [0, 0.1) is 5.92 Å². The summed E-state index contributed by atoms with van der Waals surface area (Å²) in [6.07, 6.45) is 6.94. The Hall–Kier alpha value is -1.77. The highest BCUT2D eigenvalue weighted by atomic mass is 16.1. The molecule has 0 saturated heterocycles. The van der Waals surface area contributed by atoms with E-state index in [0.717, 1.165) is 23.0 Å². The molecule has 1 fully saturated rings. The fraction of sp³-hybridized carbons (Fsp3) is 0.400. The molecule has 94 valence electrons. The van der Waals surface area contributed by atoms with Crippen molar-refractivity contribution < 1.29 is 4.79 Å². The highest BCUT2D eigenvalue weighted by Crippen LogP contribution is 2.24. The van der Waals surface area contributed by atoms with Gasteiger partial charge in [0, 0.05) is 23.6 Å². The second kappa shape index (κ2) is 4.84. The number of benzene rings is 1. The van der Waals surface area contributed by atoms with Crippen molar-refractivity contribution in [2.24, 2.45) is 5.92 Å². The molecule has 1 aliphatic rings. The average molecular weight is 242 g/mol. The van der Waals surface area contributed by atoms with Gasteiger partial charge in [-0.2, -0.15) is 0 Å². The van der Waals surface area contributed by atoms with Gasteiger partial charge in [-0.25, -0.2) is 0 Å². The molecule has 1 aliphatic carbocycles. The molecule has 2 N–H and O–H groups in total. The van der Waals surface area contributed by atoms with E-state index in [4.69, 9.17) is 0 Å². The molecule has 0 radical (unpaired) electrons. The monoisotopic (exact) mass is 242 g/mol. The van der Waals surface area contributed by atoms with Crippen LogP contribution >= 0.6 is 0 Å². The van der Waals surface area contributed by atoms with Gasteiger partial charge in [0.25, 0.3) is 5.91 Å². The first-order valence-corrected chi connectivity index (χ1v) is 6.69. The highest BCUT2D eigenvalue weighted by Gasteiger charge is 2.17. The first-order valence-electron chi connectivity index (χ1n) is 6.69. The van der Waals surface area contributed by atoms with Crippen LogP contribution in [0.15, 0.2) is 30.5 Å². The molecule has 1 amide bonds. The zero-order chi connectivity index (χ0) is 12.4. The largest absolute Gasteiger partial charge is 0.360 e. The minimum absolute atomic E-state index is 0.0411. The zero-order valence-corrected chi connectivity index (χ0v) is 10.4. The van der Waals surface area contributed by atoms with Crippen molar-refractivity contribution in [1.29, 1.82) is 0 Å². The molecule has 2 aromatic rings. The third kappa shape index (κ3) is 2.13. The Bertz CT molecular complexity index is 552. The van der Waals surface area contributed by atoms with Gasteiger partial charge in [-0.3, -0.25) is 4.79 Å². The Kier molecular flexibility index (Phi) is 3.05. The molecule has 3 heteroatoms. The van der Waals surface area contributed by atoms with Gasteiger partial charge in [-0.05, 0) is 24.8 Å². The molecule has 1 aromatic heterocycles. The number of aromatic nitrogens is 1. The SMILES string of the molecule is O=C(NCC1CCCC1)c1c[nH]c2ccccc12. The molecule has 0 spiro atoms. The molecule has 0 aliphatic heterocycles. The Balaban J connectivity index is 1.71. The fourth-order valence-corrected chi connectivity index (χ4v) is 2.81. The van der Waals surface area contributed by atoms with Crippen molar-refractivity contribution in [2.75, 3.05) is 6.54 Å². The topological polar surface area (TPSA) is 44.9 Å². The average Bonchev–Trinajstić information content (AvgIpc) is 3.05. The maximum absolute atomic E-state index is 12.1. The summed E-state index contributed by atoms with van der Waals surface area (Å²) in [5.41, 5.74) is 1.77. The molecule has 1 aromatic carbocycles. The number of rotatable bonds is 3. The molecule has 0 bridgehead atoms. The highest BCUT2D eigenvalue weighted by molar-refractivity contribution is 6.06. The second-order valence-electron chi connectivity index (χ2n) is 5.11. The van der Waals surface area contributed by atoms with E-state index in [2.05, 4.69) is 10.3 Å². The summed E-state index contributed by atoms with van der Waals surface area (Å²) >= 11 is 0. The van der Waals surface area contributed by atoms with Crippen LogP contribution in [0.1, 0.15) is 36.0 Å². The minimum atomic E-state index is 0.0411. The summed E-state index contributed by atoms with van der Waals surface area (Å²) in [5.74, 6) is 0.721. The van der Waals surface area contributed by atoms with Crippen molar-refractivity contribution in [2.45, 2.75) is 25.7 Å². The van der Waals surface area contributed by atoms with Gasteiger partial charge in [0.2, 0.25) is 0 Å². The first kappa shape index (κ1) is 11.3. The molecule has 1 heterocycles. The van der Waals surface area contributed by atoms with E-state index < -0.39 is 0 Å². The van der Waals surface area contributed by atoms with Gasteiger partial charge in [-0.15, -0.1) is 0 Å². The van der Waals surface area contributed by atoms with Crippen LogP contribution in [0.2, 0.25) is 0 Å². The summed E-state index contributed by atoms with van der Waals surface area (Å²) < 4.78 is 0. The molecule has 3 nitrogen and oxygen atoms in total. The lowest BCUT2D eigenvalue weighted by Gasteiger charge is -2.09. The van der Waals surface area contributed by atoms with E-state index in [1.807, 2.05) is 24.3 Å². The predicted molar refractivity (Wildman–Crippen MR) is 72.6 cm³/mol. The van der Waals surface area contributed by atoms with Crippen LogP contribution in [-0.2, 0) is 0 Å². The number of hydrogen-bond donors (Lipinski definition) is 2. The van der Waals surface area contributed by atoms with Gasteiger partial charge < -0.3 is 10.3 Å². The van der Waals surface area contributed by atoms with Crippen LogP contribution < -0.4 is 5.32 Å². The van der Waals surface area contributed by atoms with E-state index in [-0.39, 0.29) is 5.91 Å². The summed E-state index contributed by atoms with van der Waals surface area (Å²) in [4.78, 5) is 15.3. The summed E-state index contributed by atoms with van der Waals surface area (Å²) in [6.45, 7) is 0.818. The van der Waals surface area contributed by atoms with Crippen LogP contribution in [0.5, 0.6) is 0 Å². The molecular formula is C15H18N2O. The van der Waals surface area contributed by atoms with Gasteiger partial charge in [-0.1, -0.05) is 31.0 Å². The van der Waals surface area contributed by atoms with Gasteiger partial charge >= 0.3 is 0 Å². The van der Waals surface area contributed by atoms with E-state index >= 15 is 0 Å². The van der Waals surface area contributed by atoms with Crippen LogP contribution in [-0.4, -0.2) is 17.4 Å². The number of amides is 1. The Morgan fingerprint density at radius 2 is 2.06 bits per heavy atom. The Morgan fingerprint density at radius 3 is 2.89 bits per heavy atom. The number of nitrogens with one attached hydrogen (secondary N) is 2. The second-order valence-corrected chi connectivity index (χ2v) is 5.11. The van der Waals surface area contributed by atoms with Gasteiger partial charge in [0.1, 0.15) is 0 Å². The van der Waals surface area contributed by atoms with E-state index in [0.29, 0.717) is 5.92 Å². The molecule has 1 saturated carbocycles. The summed E-state index contributed by atoms with van der Waals surface area (Å²) in [6, 6.07) is 7.91. The molecule has 18 heavy (non-hydrogen) atoms. The number of aromatic amines is 1. The first-order chi connectivity index (χ1) is 8.84. The number of carbonyl (C=O) groups is 1. The number of para-hydroxylation sites is 1. The Morgan fingerprint density at radius 1 is 1.28 bits per heavy atom. The molecular weight excluding hydrogens is 224 g/mol. The number of hydrogen-bond acceptors (Lipinski definition) is 1. The van der Waals surface area contributed by atoms with Crippen molar-refractivity contribution in [3.63, 3.8) is 0 Å². The predicted octanol–water partition coefficient (Wildman–Crippen LogP) is 3.09. The molecule has 0 unspecified atom stereocenters. The lowest BCUT2D eigenvalue weighted by atomic mass is 10.1. The van der Waals surface area contributed by atoms with Crippen molar-refractivity contribution in [3.05, 3.63) is 36.0 Å². The molecule has 3 rings (SSSR count). The summed E-state index contributed by atoms with van der Waals surface area (Å²) in [5, 5.41) is 4.06. The normalized spacial score (nSPS) is 16.2. The van der Waals surface area contributed by atoms with Crippen LogP contribution in [0.25, 0.3) is 10.9 Å². The Labute approximate surface area is 107 Å². The third-order valence-electron chi connectivity index (χ3n) is 3.86. The van der Waals surface area contributed by atoms with Crippen molar-refractivity contribution in [3.8, 4) is 0 Å². The quantitative estimate of drug-likeness (QED) is 0.853. The third-order valence-corrected chi connectivity index (χ3v) is 3.86. The summed E-state index contributed by atoms with van der Waals surface area (Å²) in [7, 11) is 0. The van der Waals surface area contributed by atoms with Crippen LogP contribution in [0.3, 0.4) is 0 Å². The van der Waals surface area contributed by atoms with Crippen LogP contribution in [0.4, 0.5) is 0 Å². The van der Waals surface area contributed by atoms with Gasteiger partial charge in [0.05, 0.1) is 5.56 Å². The van der Waals surface area contributed by atoms with Crippen molar-refractivity contribution in [1.82, 2.24) is 10.3 Å². The zero-order valence-electron chi connectivity index (χ0n) is 10.4. The maximum Gasteiger partial charge on any atom is 0.253 e. The maximum atomic E-state index is 12.1. The minimum Gasteiger partial charge on any atom is -0.360 e. The number of H-pyrrole nitrogens is 1. The van der Waals surface area contributed by atoms with E-state index in [9.17, 15) is 4.79 Å². The molecule has 0 atom stereocenters. The van der Waals surface area contributed by atoms with Crippen molar-refractivity contribution >= 4 is 16.8 Å². The lowest BCUT2D eigenvalue weighted by Crippen LogP contribution is -2.28. The van der Waals surface area contributed by atoms with E-state index in [1.165, 1.54) is 25.7 Å². The van der Waals surface area contributed by atoms with E-state index in [1.54, 1.807) is 6.20 Å². The number of carbonyl (C=O) groups excluding carboxylic acids is 1.